The Hall–Kier alpha value is -1.80. The zero-order valence-electron chi connectivity index (χ0n) is 8.31. The largest absolute Gasteiger partial charge is 0.306 e. The fraction of sp³-hybridized carbons (Fsp3) is 0.300. The second kappa shape index (κ2) is 3.99. The molecular formula is C10H8ClN3O2. The third-order valence-corrected chi connectivity index (χ3v) is 2.96. The maximum absolute atomic E-state index is 10.9. The molecule has 5 nitrogen and oxygen atoms in total. The molecule has 0 amide bonds. The lowest BCUT2D eigenvalue weighted by Crippen LogP contribution is -2.26. The van der Waals surface area contributed by atoms with Crippen LogP contribution < -0.4 is 0 Å². The Balaban J connectivity index is 2.55. The summed E-state index contributed by atoms with van der Waals surface area (Å²) in [6.07, 6.45) is 2.64. The topological polar surface area (TPSA) is 70.2 Å². The average Bonchev–Trinajstić information content (AvgIpc) is 2.27. The Labute approximate surface area is 97.0 Å². The van der Waals surface area contributed by atoms with Gasteiger partial charge in [0.25, 0.3) is 5.69 Å². The van der Waals surface area contributed by atoms with E-state index in [0.717, 1.165) is 5.56 Å². The molecule has 2 rings (SSSR count). The zero-order chi connectivity index (χ0) is 11.7. The predicted octanol–water partition coefficient (Wildman–Crippen LogP) is 2.09. The van der Waals surface area contributed by atoms with E-state index >= 15 is 0 Å². The highest BCUT2D eigenvalue weighted by Gasteiger charge is 2.26. The molecule has 1 heterocycles. The number of benzene rings is 1. The van der Waals surface area contributed by atoms with Crippen molar-refractivity contribution in [1.82, 2.24) is 4.90 Å². The fourth-order valence-corrected chi connectivity index (χ4v) is 2.11. The highest BCUT2D eigenvalue weighted by atomic mass is 35.5. The summed E-state index contributed by atoms with van der Waals surface area (Å²) < 4.78 is 0. The summed E-state index contributed by atoms with van der Waals surface area (Å²) in [7, 11) is 0. The van der Waals surface area contributed by atoms with Gasteiger partial charge in [-0.05, 0) is 18.1 Å². The summed E-state index contributed by atoms with van der Waals surface area (Å²) in [4.78, 5) is 11.9. The molecule has 6 heteroatoms. The number of nitrogens with zero attached hydrogens (tertiary/aromatic N) is 3. The number of halogens is 1. The van der Waals surface area contributed by atoms with Crippen molar-refractivity contribution in [1.29, 1.82) is 5.26 Å². The van der Waals surface area contributed by atoms with Crippen LogP contribution in [0.3, 0.4) is 0 Å². The molecule has 0 atom stereocenters. The molecule has 0 saturated heterocycles. The normalized spacial score (nSPS) is 14.1. The van der Waals surface area contributed by atoms with Crippen LogP contribution in [0.1, 0.15) is 11.1 Å². The van der Waals surface area contributed by atoms with Crippen molar-refractivity contribution < 1.29 is 4.92 Å². The van der Waals surface area contributed by atoms with Gasteiger partial charge >= 0.3 is 0 Å². The number of nitriles is 1. The fourth-order valence-electron chi connectivity index (χ4n) is 1.87. The summed E-state index contributed by atoms with van der Waals surface area (Å²) in [5.41, 5.74) is 1.40. The lowest BCUT2D eigenvalue weighted by Gasteiger charge is -2.23. The van der Waals surface area contributed by atoms with Gasteiger partial charge in [-0.1, -0.05) is 17.7 Å². The summed E-state index contributed by atoms with van der Waals surface area (Å²) in [6, 6.07) is 3.33. The van der Waals surface area contributed by atoms with Crippen molar-refractivity contribution in [2.75, 3.05) is 6.54 Å². The highest BCUT2D eigenvalue weighted by molar-refractivity contribution is 6.32. The Morgan fingerprint density at radius 2 is 2.31 bits per heavy atom. The van der Waals surface area contributed by atoms with Crippen LogP contribution >= 0.6 is 11.6 Å². The van der Waals surface area contributed by atoms with Gasteiger partial charge in [-0.15, -0.1) is 0 Å². The molecule has 0 spiro atoms. The third-order valence-electron chi connectivity index (χ3n) is 2.65. The summed E-state index contributed by atoms with van der Waals surface area (Å²) >= 11 is 5.80. The molecule has 0 N–H and O–H groups in total. The van der Waals surface area contributed by atoms with Gasteiger partial charge in [-0.25, -0.2) is 0 Å². The number of nitro groups is 1. The summed E-state index contributed by atoms with van der Waals surface area (Å²) in [5.74, 6) is 0. The van der Waals surface area contributed by atoms with Gasteiger partial charge in [0.2, 0.25) is 0 Å². The van der Waals surface area contributed by atoms with Crippen molar-refractivity contribution in [3.05, 3.63) is 38.4 Å². The first-order chi connectivity index (χ1) is 7.63. The van der Waals surface area contributed by atoms with Crippen LogP contribution in [0.5, 0.6) is 0 Å². The molecule has 0 radical (unpaired) electrons. The Bertz CT molecular complexity index is 496. The van der Waals surface area contributed by atoms with Crippen molar-refractivity contribution in [3.63, 3.8) is 0 Å². The minimum atomic E-state index is -0.484. The van der Waals surface area contributed by atoms with Crippen molar-refractivity contribution in [3.8, 4) is 6.19 Å². The summed E-state index contributed by atoms with van der Waals surface area (Å²) in [5, 5.41) is 19.8. The average molecular weight is 238 g/mol. The Morgan fingerprint density at radius 1 is 1.56 bits per heavy atom. The van der Waals surface area contributed by atoms with E-state index in [0.29, 0.717) is 18.5 Å². The van der Waals surface area contributed by atoms with Crippen LogP contribution in [0.25, 0.3) is 0 Å². The first-order valence-corrected chi connectivity index (χ1v) is 5.10. The van der Waals surface area contributed by atoms with Crippen LogP contribution in [-0.4, -0.2) is 16.4 Å². The minimum Gasteiger partial charge on any atom is -0.306 e. The monoisotopic (exact) mass is 237 g/mol. The smallest absolute Gasteiger partial charge is 0.293 e. The summed E-state index contributed by atoms with van der Waals surface area (Å²) in [6.45, 7) is 0.866. The lowest BCUT2D eigenvalue weighted by molar-refractivity contribution is -0.385. The molecular weight excluding hydrogens is 230 g/mol. The Morgan fingerprint density at radius 3 is 2.94 bits per heavy atom. The van der Waals surface area contributed by atoms with Gasteiger partial charge in [-0.3, -0.25) is 10.1 Å². The molecule has 0 fully saturated rings. The quantitative estimate of drug-likeness (QED) is 0.426. The molecule has 82 valence electrons. The maximum atomic E-state index is 10.9. The number of hydrogen-bond acceptors (Lipinski definition) is 4. The van der Waals surface area contributed by atoms with Gasteiger partial charge in [0.15, 0.2) is 6.19 Å². The van der Waals surface area contributed by atoms with Gasteiger partial charge < -0.3 is 4.90 Å². The standard InChI is InChI=1S/C10H8ClN3O2/c11-9-2-1-7-3-4-13(6-12)5-8(7)10(9)14(15)16/h1-2H,3-5H2. The second-order valence-electron chi connectivity index (χ2n) is 3.56. The van der Waals surface area contributed by atoms with E-state index in [2.05, 4.69) is 0 Å². The molecule has 0 aliphatic carbocycles. The van der Waals surface area contributed by atoms with Crippen LogP contribution in [0.4, 0.5) is 5.69 Å². The number of nitro benzene ring substituents is 1. The molecule has 0 aromatic heterocycles. The molecule has 1 aromatic rings. The molecule has 0 unspecified atom stereocenters. The van der Waals surface area contributed by atoms with Crippen LogP contribution in [-0.2, 0) is 13.0 Å². The number of rotatable bonds is 1. The maximum Gasteiger partial charge on any atom is 0.293 e. The third kappa shape index (κ3) is 1.68. The second-order valence-corrected chi connectivity index (χ2v) is 3.97. The molecule has 1 aromatic carbocycles. The van der Waals surface area contributed by atoms with Crippen molar-refractivity contribution >= 4 is 17.3 Å². The van der Waals surface area contributed by atoms with E-state index < -0.39 is 4.92 Å². The predicted molar refractivity (Wildman–Crippen MR) is 57.8 cm³/mol. The van der Waals surface area contributed by atoms with E-state index in [4.69, 9.17) is 16.9 Å². The SMILES string of the molecule is N#CN1CCc2ccc(Cl)c([N+](=O)[O-])c2C1. The zero-order valence-corrected chi connectivity index (χ0v) is 9.07. The number of hydrogen-bond donors (Lipinski definition) is 0. The van der Waals surface area contributed by atoms with Crippen molar-refractivity contribution in [2.24, 2.45) is 0 Å². The molecule has 1 aliphatic heterocycles. The van der Waals surface area contributed by atoms with Crippen LogP contribution in [0, 0.1) is 21.6 Å². The van der Waals surface area contributed by atoms with Gasteiger partial charge in [0, 0.05) is 6.54 Å². The first-order valence-electron chi connectivity index (χ1n) is 4.73. The first kappa shape index (κ1) is 10.7. The molecule has 1 aliphatic rings. The minimum absolute atomic E-state index is 0.0703. The van der Waals surface area contributed by atoms with Crippen molar-refractivity contribution in [2.45, 2.75) is 13.0 Å². The lowest BCUT2D eigenvalue weighted by atomic mass is 9.98. The molecule has 0 saturated carbocycles. The Kier molecular flexibility index (Phi) is 2.67. The van der Waals surface area contributed by atoms with E-state index in [1.54, 1.807) is 12.1 Å². The highest BCUT2D eigenvalue weighted by Crippen LogP contribution is 2.34. The molecule has 16 heavy (non-hydrogen) atoms. The van der Waals surface area contributed by atoms with Crippen LogP contribution in [0.15, 0.2) is 12.1 Å². The molecule has 0 bridgehead atoms. The van der Waals surface area contributed by atoms with E-state index in [-0.39, 0.29) is 17.3 Å². The van der Waals surface area contributed by atoms with Crippen LogP contribution in [0.2, 0.25) is 5.02 Å². The van der Waals surface area contributed by atoms with E-state index in [9.17, 15) is 10.1 Å². The van der Waals surface area contributed by atoms with E-state index in [1.807, 2.05) is 6.19 Å². The van der Waals surface area contributed by atoms with E-state index in [1.165, 1.54) is 4.90 Å². The van der Waals surface area contributed by atoms with Gasteiger partial charge in [0.1, 0.15) is 5.02 Å². The number of fused-ring (bicyclic) bond motifs is 1. The van der Waals surface area contributed by atoms with Gasteiger partial charge in [-0.2, -0.15) is 5.26 Å². The van der Waals surface area contributed by atoms with Gasteiger partial charge in [0.05, 0.1) is 17.0 Å².